The molecule has 184 valence electrons. The van der Waals surface area contributed by atoms with Crippen molar-refractivity contribution >= 4 is 40.1 Å². The van der Waals surface area contributed by atoms with Gasteiger partial charge in [0.2, 0.25) is 11.8 Å². The topological polar surface area (TPSA) is 122 Å². The maximum atomic E-state index is 13.5. The van der Waals surface area contributed by atoms with E-state index in [2.05, 4.69) is 30.6 Å². The first-order valence-corrected chi connectivity index (χ1v) is 12.2. The molecule has 0 aliphatic heterocycles. The van der Waals surface area contributed by atoms with Crippen molar-refractivity contribution in [3.05, 3.63) is 71.3 Å². The van der Waals surface area contributed by atoms with Gasteiger partial charge in [0.25, 0.3) is 0 Å². The number of carbonyl (C=O) groups is 2. The van der Waals surface area contributed by atoms with Gasteiger partial charge in [0.1, 0.15) is 28.7 Å². The van der Waals surface area contributed by atoms with Crippen molar-refractivity contribution in [1.29, 1.82) is 0 Å². The van der Waals surface area contributed by atoms with Crippen molar-refractivity contribution in [2.75, 3.05) is 5.32 Å². The number of benzene rings is 1. The maximum Gasteiger partial charge on any atom is 0.220 e. The molecule has 5 rings (SSSR count). The van der Waals surface area contributed by atoms with Crippen LogP contribution in [-0.2, 0) is 4.79 Å². The van der Waals surface area contributed by atoms with Crippen molar-refractivity contribution in [1.82, 2.24) is 25.3 Å². The molecule has 0 bridgehead atoms. The summed E-state index contributed by atoms with van der Waals surface area (Å²) in [5.74, 6) is 1.20. The van der Waals surface area contributed by atoms with Crippen LogP contribution in [0.5, 0.6) is 11.6 Å². The van der Waals surface area contributed by atoms with Gasteiger partial charge in [0.05, 0.1) is 16.5 Å². The molecule has 3 N–H and O–H groups in total. The number of carbonyl (C=O) groups excluding carboxylic acids is 2. The number of nitrogens with zero attached hydrogens (tertiary/aromatic N) is 3. The summed E-state index contributed by atoms with van der Waals surface area (Å²) in [6.45, 7) is 1.54. The Morgan fingerprint density at radius 1 is 1.00 bits per heavy atom. The van der Waals surface area contributed by atoms with Crippen LogP contribution in [0.4, 0.5) is 5.82 Å². The lowest BCUT2D eigenvalue weighted by atomic mass is 9.91. The molecular formula is C26H25ClN6O3. The number of aromatic nitrogens is 4. The van der Waals surface area contributed by atoms with E-state index in [-0.39, 0.29) is 34.5 Å². The molecule has 3 heterocycles. The first-order chi connectivity index (χ1) is 17.5. The van der Waals surface area contributed by atoms with Crippen LogP contribution in [0.25, 0.3) is 11.0 Å². The third kappa shape index (κ3) is 5.16. The molecule has 0 saturated heterocycles. The van der Waals surface area contributed by atoms with E-state index < -0.39 is 0 Å². The normalized spacial score (nSPS) is 17.5. The van der Waals surface area contributed by atoms with Crippen molar-refractivity contribution in [3.8, 4) is 11.6 Å². The van der Waals surface area contributed by atoms with Crippen molar-refractivity contribution in [2.45, 2.75) is 44.7 Å². The lowest BCUT2D eigenvalue weighted by Gasteiger charge is -2.29. The number of halogens is 1. The highest BCUT2D eigenvalue weighted by atomic mass is 35.5. The van der Waals surface area contributed by atoms with Gasteiger partial charge in [-0.25, -0.2) is 15.0 Å². The van der Waals surface area contributed by atoms with E-state index in [9.17, 15) is 9.59 Å². The number of para-hydroxylation sites is 1. The largest absolute Gasteiger partial charge is 0.439 e. The first-order valence-electron chi connectivity index (χ1n) is 11.8. The number of H-pyrrole nitrogens is 1. The maximum absolute atomic E-state index is 13.5. The lowest BCUT2D eigenvalue weighted by Crippen LogP contribution is -2.39. The van der Waals surface area contributed by atoms with Gasteiger partial charge in [0, 0.05) is 31.3 Å². The summed E-state index contributed by atoms with van der Waals surface area (Å²) in [6, 6.07) is 12.8. The minimum Gasteiger partial charge on any atom is -0.439 e. The van der Waals surface area contributed by atoms with Crippen LogP contribution in [0.15, 0.2) is 55.0 Å². The summed E-state index contributed by atoms with van der Waals surface area (Å²) in [5.41, 5.74) is 1.21. The van der Waals surface area contributed by atoms with Gasteiger partial charge < -0.3 is 20.4 Å². The molecule has 0 unspecified atom stereocenters. The van der Waals surface area contributed by atoms with Crippen molar-refractivity contribution in [2.24, 2.45) is 0 Å². The molecule has 1 saturated carbocycles. The Bertz CT molecular complexity index is 1400. The van der Waals surface area contributed by atoms with Gasteiger partial charge in [-0.05, 0) is 43.9 Å². The van der Waals surface area contributed by atoms with E-state index in [0.29, 0.717) is 34.0 Å². The Morgan fingerprint density at radius 3 is 2.47 bits per heavy atom. The molecular weight excluding hydrogens is 480 g/mol. The van der Waals surface area contributed by atoms with Crippen molar-refractivity contribution in [3.63, 3.8) is 0 Å². The van der Waals surface area contributed by atoms with Crippen LogP contribution < -0.4 is 15.4 Å². The van der Waals surface area contributed by atoms with E-state index in [0.717, 1.165) is 25.7 Å². The van der Waals surface area contributed by atoms with Crippen molar-refractivity contribution < 1.29 is 14.3 Å². The molecule has 0 atom stereocenters. The summed E-state index contributed by atoms with van der Waals surface area (Å²) >= 11 is 6.40. The van der Waals surface area contributed by atoms with Crippen LogP contribution in [0.2, 0.25) is 5.15 Å². The molecule has 1 amide bonds. The Kier molecular flexibility index (Phi) is 6.81. The average Bonchev–Trinajstić information content (AvgIpc) is 3.31. The van der Waals surface area contributed by atoms with Gasteiger partial charge in [-0.1, -0.05) is 29.8 Å². The molecule has 36 heavy (non-hydrogen) atoms. The Hall–Kier alpha value is -3.98. The minimum atomic E-state index is -0.294. The van der Waals surface area contributed by atoms with Gasteiger partial charge >= 0.3 is 0 Å². The number of hydrogen-bond acceptors (Lipinski definition) is 7. The number of nitrogens with one attached hydrogen (secondary N) is 3. The summed E-state index contributed by atoms with van der Waals surface area (Å²) in [4.78, 5) is 40.9. The molecule has 10 heteroatoms. The predicted molar refractivity (Wildman–Crippen MR) is 137 cm³/mol. The molecule has 1 fully saturated rings. The molecule has 1 aliphatic carbocycles. The fourth-order valence-electron chi connectivity index (χ4n) is 4.51. The number of rotatable bonds is 7. The SMILES string of the molecule is CC(=O)NC1CCC(Nc2ncnc3[nH]cc(C(=O)c4ccc(Oc5ccccc5)nc4Cl)c23)CC1. The fourth-order valence-corrected chi connectivity index (χ4v) is 4.74. The summed E-state index contributed by atoms with van der Waals surface area (Å²) in [5, 5.41) is 7.11. The Labute approximate surface area is 212 Å². The molecule has 1 aliphatic rings. The number of amides is 1. The fraction of sp³-hybridized carbons (Fsp3) is 0.269. The lowest BCUT2D eigenvalue weighted by molar-refractivity contribution is -0.119. The van der Waals surface area contributed by atoms with Gasteiger partial charge in [-0.2, -0.15) is 0 Å². The third-order valence-corrected chi connectivity index (χ3v) is 6.51. The van der Waals surface area contributed by atoms with E-state index in [1.54, 1.807) is 30.5 Å². The molecule has 0 spiro atoms. The molecule has 9 nitrogen and oxygen atoms in total. The second-order valence-corrected chi connectivity index (χ2v) is 9.13. The summed E-state index contributed by atoms with van der Waals surface area (Å²) < 4.78 is 5.72. The number of aromatic amines is 1. The highest BCUT2D eigenvalue weighted by Crippen LogP contribution is 2.31. The minimum absolute atomic E-state index is 0.00722. The van der Waals surface area contributed by atoms with E-state index in [1.165, 1.54) is 13.3 Å². The zero-order chi connectivity index (χ0) is 25.1. The average molecular weight is 505 g/mol. The van der Waals surface area contributed by atoms with Gasteiger partial charge in [0.15, 0.2) is 5.78 Å². The van der Waals surface area contributed by atoms with E-state index >= 15 is 0 Å². The highest BCUT2D eigenvalue weighted by Gasteiger charge is 2.25. The van der Waals surface area contributed by atoms with Gasteiger partial charge in [-0.3, -0.25) is 9.59 Å². The Morgan fingerprint density at radius 2 is 1.75 bits per heavy atom. The number of fused-ring (bicyclic) bond motifs is 1. The zero-order valence-corrected chi connectivity index (χ0v) is 20.4. The first kappa shape index (κ1) is 23.7. The monoisotopic (exact) mass is 504 g/mol. The highest BCUT2D eigenvalue weighted by molar-refractivity contribution is 6.34. The number of anilines is 1. The number of hydrogen-bond donors (Lipinski definition) is 3. The Balaban J connectivity index is 1.36. The smallest absolute Gasteiger partial charge is 0.220 e. The van der Waals surface area contributed by atoms with Crippen LogP contribution in [-0.4, -0.2) is 43.7 Å². The third-order valence-electron chi connectivity index (χ3n) is 6.22. The van der Waals surface area contributed by atoms with Crippen LogP contribution in [0.1, 0.15) is 48.5 Å². The number of ketones is 1. The summed E-state index contributed by atoms with van der Waals surface area (Å²) in [6.07, 6.45) is 6.59. The molecule has 1 aromatic carbocycles. The zero-order valence-electron chi connectivity index (χ0n) is 19.6. The molecule has 0 radical (unpaired) electrons. The quantitative estimate of drug-likeness (QED) is 0.242. The standard InChI is InChI=1S/C26H25ClN6O3/c1-15(34)31-16-7-9-17(10-8-16)32-26-22-20(13-28-25(22)29-14-30-26)23(35)19-11-12-21(33-24(19)27)36-18-5-3-2-4-6-18/h2-6,11-14,16-17H,7-10H2,1H3,(H,31,34)(H2,28,29,30,32). The molecule has 3 aromatic heterocycles. The second-order valence-electron chi connectivity index (χ2n) is 8.77. The predicted octanol–water partition coefficient (Wildman–Crippen LogP) is 4.89. The van der Waals surface area contributed by atoms with E-state index in [4.69, 9.17) is 16.3 Å². The van der Waals surface area contributed by atoms with Crippen LogP contribution in [0, 0.1) is 0 Å². The number of pyridine rings is 1. The van der Waals surface area contributed by atoms with Crippen LogP contribution in [0.3, 0.4) is 0 Å². The van der Waals surface area contributed by atoms with E-state index in [1.807, 2.05) is 18.2 Å². The molecule has 4 aromatic rings. The second kappa shape index (κ2) is 10.3. The number of ether oxygens (including phenoxy) is 1. The van der Waals surface area contributed by atoms with Crippen LogP contribution >= 0.6 is 11.6 Å². The summed E-state index contributed by atoms with van der Waals surface area (Å²) in [7, 11) is 0. The van der Waals surface area contributed by atoms with Gasteiger partial charge in [-0.15, -0.1) is 0 Å².